The summed E-state index contributed by atoms with van der Waals surface area (Å²) in [7, 11) is 1.91. The highest BCUT2D eigenvalue weighted by atomic mass is 16.2. The maximum Gasteiger partial charge on any atom is 0.227 e. The molecule has 132 valence electrons. The molecule has 2 heterocycles. The van der Waals surface area contributed by atoms with Crippen molar-refractivity contribution >= 4 is 23.2 Å². The van der Waals surface area contributed by atoms with Crippen molar-refractivity contribution in [1.29, 1.82) is 0 Å². The minimum absolute atomic E-state index is 0.0347. The van der Waals surface area contributed by atoms with Gasteiger partial charge in [0.2, 0.25) is 11.8 Å². The topological polar surface area (TPSA) is 67.2 Å². The van der Waals surface area contributed by atoms with Crippen molar-refractivity contribution in [3.8, 4) is 0 Å². The lowest BCUT2D eigenvalue weighted by Crippen LogP contribution is -2.23. The van der Waals surface area contributed by atoms with Gasteiger partial charge in [0.25, 0.3) is 0 Å². The van der Waals surface area contributed by atoms with Gasteiger partial charge in [0.1, 0.15) is 0 Å². The van der Waals surface area contributed by atoms with Crippen LogP contribution in [0.5, 0.6) is 0 Å². The van der Waals surface area contributed by atoms with Crippen molar-refractivity contribution in [3.63, 3.8) is 0 Å². The maximum absolute atomic E-state index is 12.3. The second-order valence-electron chi connectivity index (χ2n) is 6.52. The van der Waals surface area contributed by atoms with Crippen LogP contribution in [0.4, 0.5) is 11.4 Å². The molecule has 1 aromatic carbocycles. The van der Waals surface area contributed by atoms with E-state index in [0.717, 1.165) is 41.3 Å². The van der Waals surface area contributed by atoms with Crippen LogP contribution in [0.1, 0.15) is 36.2 Å². The molecule has 1 saturated heterocycles. The van der Waals surface area contributed by atoms with E-state index in [1.807, 2.05) is 49.8 Å². The van der Waals surface area contributed by atoms with Gasteiger partial charge in [0.15, 0.2) is 0 Å². The Kier molecular flexibility index (Phi) is 4.88. The fourth-order valence-electron chi connectivity index (χ4n) is 3.31. The standard InChI is InChI=1S/C19H24N4O2/c1-13-17(14(2)22(3)21-13)9-10-18(24)20-15-6-4-7-16(12-15)23-11-5-8-19(23)25/h4,6-7,12H,5,8-11H2,1-3H3,(H,20,24). The molecule has 0 saturated carbocycles. The van der Waals surface area contributed by atoms with E-state index >= 15 is 0 Å². The SMILES string of the molecule is Cc1nn(C)c(C)c1CCC(=O)Nc1cccc(N2CCCC2=O)c1. The van der Waals surface area contributed by atoms with Crippen LogP contribution in [0.15, 0.2) is 24.3 Å². The molecule has 1 aromatic heterocycles. The van der Waals surface area contributed by atoms with Crippen molar-refractivity contribution in [3.05, 3.63) is 41.2 Å². The molecule has 1 aliphatic rings. The first-order chi connectivity index (χ1) is 12.0. The van der Waals surface area contributed by atoms with E-state index in [9.17, 15) is 9.59 Å². The van der Waals surface area contributed by atoms with Crippen molar-refractivity contribution in [2.24, 2.45) is 7.05 Å². The largest absolute Gasteiger partial charge is 0.326 e. The summed E-state index contributed by atoms with van der Waals surface area (Å²) in [5.41, 5.74) is 4.78. The molecule has 0 unspecified atom stereocenters. The zero-order valence-electron chi connectivity index (χ0n) is 15.0. The van der Waals surface area contributed by atoms with Crippen molar-refractivity contribution < 1.29 is 9.59 Å². The van der Waals surface area contributed by atoms with Crippen LogP contribution in [-0.4, -0.2) is 28.1 Å². The average molecular weight is 340 g/mol. The highest BCUT2D eigenvalue weighted by Gasteiger charge is 2.21. The fraction of sp³-hybridized carbons (Fsp3) is 0.421. The summed E-state index contributed by atoms with van der Waals surface area (Å²) >= 11 is 0. The van der Waals surface area contributed by atoms with Gasteiger partial charge in [-0.1, -0.05) is 6.07 Å². The Bertz CT molecular complexity index is 810. The first-order valence-corrected chi connectivity index (χ1v) is 8.65. The molecule has 1 aliphatic heterocycles. The first kappa shape index (κ1) is 17.2. The minimum atomic E-state index is -0.0347. The van der Waals surface area contributed by atoms with Gasteiger partial charge >= 0.3 is 0 Å². The number of nitrogens with one attached hydrogen (secondary N) is 1. The molecule has 2 aromatic rings. The van der Waals surface area contributed by atoms with Crippen LogP contribution in [0.3, 0.4) is 0 Å². The number of aromatic nitrogens is 2. The van der Waals surface area contributed by atoms with E-state index in [4.69, 9.17) is 0 Å². The smallest absolute Gasteiger partial charge is 0.227 e. The number of nitrogens with zero attached hydrogens (tertiary/aromatic N) is 3. The molecule has 0 spiro atoms. The maximum atomic E-state index is 12.3. The molecule has 1 fully saturated rings. The Morgan fingerprint density at radius 2 is 2.12 bits per heavy atom. The van der Waals surface area contributed by atoms with E-state index < -0.39 is 0 Å². The Labute approximate surface area is 147 Å². The van der Waals surface area contributed by atoms with E-state index in [0.29, 0.717) is 19.3 Å². The van der Waals surface area contributed by atoms with Gasteiger partial charge < -0.3 is 10.2 Å². The summed E-state index contributed by atoms with van der Waals surface area (Å²) in [6.45, 7) is 4.73. The lowest BCUT2D eigenvalue weighted by atomic mass is 10.1. The number of rotatable bonds is 5. The molecule has 2 amide bonds. The van der Waals surface area contributed by atoms with Crippen molar-refractivity contribution in [2.45, 2.75) is 39.5 Å². The first-order valence-electron chi connectivity index (χ1n) is 8.65. The molecule has 0 atom stereocenters. The highest BCUT2D eigenvalue weighted by molar-refractivity contribution is 5.97. The van der Waals surface area contributed by atoms with E-state index in [-0.39, 0.29) is 11.8 Å². The third-order valence-electron chi connectivity index (χ3n) is 4.78. The summed E-state index contributed by atoms with van der Waals surface area (Å²) in [4.78, 5) is 25.9. The summed E-state index contributed by atoms with van der Waals surface area (Å²) < 4.78 is 1.85. The molecule has 6 nitrogen and oxygen atoms in total. The number of aryl methyl sites for hydroxylation is 2. The summed E-state index contributed by atoms with van der Waals surface area (Å²) in [6, 6.07) is 7.48. The third-order valence-corrected chi connectivity index (χ3v) is 4.78. The Morgan fingerprint density at radius 3 is 2.76 bits per heavy atom. The lowest BCUT2D eigenvalue weighted by Gasteiger charge is -2.16. The summed E-state index contributed by atoms with van der Waals surface area (Å²) in [5.74, 6) is 0.110. The van der Waals surface area contributed by atoms with Crippen LogP contribution >= 0.6 is 0 Å². The number of benzene rings is 1. The van der Waals surface area contributed by atoms with Gasteiger partial charge in [-0.15, -0.1) is 0 Å². The highest BCUT2D eigenvalue weighted by Crippen LogP contribution is 2.24. The minimum Gasteiger partial charge on any atom is -0.326 e. The third kappa shape index (κ3) is 3.73. The summed E-state index contributed by atoms with van der Waals surface area (Å²) in [6.07, 6.45) is 2.56. The average Bonchev–Trinajstić information content (AvgIpc) is 3.10. The number of carbonyl (C=O) groups is 2. The van der Waals surface area contributed by atoms with Gasteiger partial charge in [-0.25, -0.2) is 0 Å². The molecule has 0 radical (unpaired) electrons. The molecule has 0 bridgehead atoms. The summed E-state index contributed by atoms with van der Waals surface area (Å²) in [5, 5.41) is 7.32. The molecule has 0 aliphatic carbocycles. The van der Waals surface area contributed by atoms with Gasteiger partial charge in [0.05, 0.1) is 5.69 Å². The monoisotopic (exact) mass is 340 g/mol. The quantitative estimate of drug-likeness (QED) is 0.910. The number of anilines is 2. The van der Waals surface area contributed by atoms with E-state index in [2.05, 4.69) is 10.4 Å². The van der Waals surface area contributed by atoms with E-state index in [1.54, 1.807) is 4.90 Å². The van der Waals surface area contributed by atoms with Gasteiger partial charge in [-0.2, -0.15) is 5.10 Å². The van der Waals surface area contributed by atoms with Crippen molar-refractivity contribution in [1.82, 2.24) is 9.78 Å². The number of hydrogen-bond donors (Lipinski definition) is 1. The Morgan fingerprint density at radius 1 is 1.32 bits per heavy atom. The van der Waals surface area contributed by atoms with Crippen LogP contribution in [0.2, 0.25) is 0 Å². The van der Waals surface area contributed by atoms with Crippen LogP contribution in [-0.2, 0) is 23.1 Å². The predicted octanol–water partition coefficient (Wildman–Crippen LogP) is 2.74. The van der Waals surface area contributed by atoms with Crippen LogP contribution in [0, 0.1) is 13.8 Å². The van der Waals surface area contributed by atoms with Gasteiger partial charge in [0, 0.05) is 43.5 Å². The van der Waals surface area contributed by atoms with E-state index in [1.165, 1.54) is 0 Å². The molecular formula is C19H24N4O2. The second kappa shape index (κ2) is 7.09. The van der Waals surface area contributed by atoms with Gasteiger partial charge in [-0.05, 0) is 50.5 Å². The van der Waals surface area contributed by atoms with Crippen LogP contribution < -0.4 is 10.2 Å². The zero-order chi connectivity index (χ0) is 18.0. The number of amides is 2. The number of hydrogen-bond acceptors (Lipinski definition) is 3. The van der Waals surface area contributed by atoms with Gasteiger partial charge in [-0.3, -0.25) is 14.3 Å². The zero-order valence-corrected chi connectivity index (χ0v) is 15.0. The normalized spacial score (nSPS) is 14.2. The number of carbonyl (C=O) groups excluding carboxylic acids is 2. The fourth-order valence-corrected chi connectivity index (χ4v) is 3.31. The molecule has 1 N–H and O–H groups in total. The predicted molar refractivity (Wildman–Crippen MR) is 97.7 cm³/mol. The molecular weight excluding hydrogens is 316 g/mol. The Balaban J connectivity index is 1.62. The van der Waals surface area contributed by atoms with Crippen LogP contribution in [0.25, 0.3) is 0 Å². The molecule has 25 heavy (non-hydrogen) atoms. The van der Waals surface area contributed by atoms with Crippen molar-refractivity contribution in [2.75, 3.05) is 16.8 Å². The molecule has 3 rings (SSSR count). The molecule has 6 heteroatoms. The lowest BCUT2D eigenvalue weighted by molar-refractivity contribution is -0.117. The second-order valence-corrected chi connectivity index (χ2v) is 6.52. The Hall–Kier alpha value is -2.63.